The van der Waals surface area contributed by atoms with Crippen molar-refractivity contribution in [3.8, 4) is 0 Å². The van der Waals surface area contributed by atoms with Gasteiger partial charge in [-0.15, -0.1) is 0 Å². The molecule has 0 aromatic heterocycles. The van der Waals surface area contributed by atoms with Gasteiger partial charge in [0.2, 0.25) is 5.91 Å². The molecule has 0 spiro atoms. The first-order valence-corrected chi connectivity index (χ1v) is 5.66. The number of morpholine rings is 1. The Bertz CT molecular complexity index is 460. The molecular weight excluding hydrogens is 242 g/mol. The Kier molecular flexibility index (Phi) is 3.88. The molecule has 1 aliphatic heterocycles. The van der Waals surface area contributed by atoms with Crippen molar-refractivity contribution in [1.82, 2.24) is 5.32 Å². The highest BCUT2D eigenvalue weighted by Crippen LogP contribution is 2.21. The van der Waals surface area contributed by atoms with E-state index < -0.39 is 29.3 Å². The number of amides is 1. The van der Waals surface area contributed by atoms with Crippen molar-refractivity contribution in [2.24, 2.45) is 0 Å². The molecule has 1 aliphatic rings. The number of anilines is 1. The van der Waals surface area contributed by atoms with E-state index in [0.29, 0.717) is 13.2 Å². The van der Waals surface area contributed by atoms with Gasteiger partial charge < -0.3 is 15.4 Å². The van der Waals surface area contributed by atoms with Gasteiger partial charge in [0.15, 0.2) is 5.82 Å². The van der Waals surface area contributed by atoms with Crippen molar-refractivity contribution in [2.75, 3.05) is 25.1 Å². The molecule has 98 valence electrons. The smallest absolute Gasteiger partial charge is 0.244 e. The van der Waals surface area contributed by atoms with Crippen LogP contribution in [-0.2, 0) is 9.53 Å². The van der Waals surface area contributed by atoms with Crippen LogP contribution in [-0.4, -0.2) is 31.7 Å². The summed E-state index contributed by atoms with van der Waals surface area (Å²) in [6, 6.07) is 1.86. The molecular formula is C12H14F2N2O2. The highest BCUT2D eigenvalue weighted by atomic mass is 19.1. The molecule has 1 amide bonds. The lowest BCUT2D eigenvalue weighted by Crippen LogP contribution is -2.49. The lowest BCUT2D eigenvalue weighted by Gasteiger charge is -2.23. The van der Waals surface area contributed by atoms with Crippen LogP contribution in [0, 0.1) is 18.6 Å². The van der Waals surface area contributed by atoms with Gasteiger partial charge in [-0.2, -0.15) is 0 Å². The first-order valence-electron chi connectivity index (χ1n) is 5.66. The first-order chi connectivity index (χ1) is 8.59. The van der Waals surface area contributed by atoms with Crippen LogP contribution in [0.2, 0.25) is 0 Å². The number of hydrogen-bond acceptors (Lipinski definition) is 3. The van der Waals surface area contributed by atoms with Crippen LogP contribution < -0.4 is 10.6 Å². The van der Waals surface area contributed by atoms with E-state index in [1.807, 2.05) is 0 Å². The van der Waals surface area contributed by atoms with Crippen LogP contribution in [0.5, 0.6) is 0 Å². The molecule has 4 nitrogen and oxygen atoms in total. The van der Waals surface area contributed by atoms with Crippen molar-refractivity contribution in [3.63, 3.8) is 0 Å². The maximum Gasteiger partial charge on any atom is 0.244 e. The van der Waals surface area contributed by atoms with Gasteiger partial charge in [-0.1, -0.05) is 6.07 Å². The fourth-order valence-electron chi connectivity index (χ4n) is 1.72. The zero-order valence-corrected chi connectivity index (χ0v) is 9.93. The number of ether oxygens (including phenoxy) is 1. The number of carbonyl (C=O) groups is 1. The number of rotatable bonds is 2. The van der Waals surface area contributed by atoms with Gasteiger partial charge >= 0.3 is 0 Å². The Morgan fingerprint density at radius 3 is 2.94 bits per heavy atom. The van der Waals surface area contributed by atoms with Crippen LogP contribution in [0.3, 0.4) is 0 Å². The fraction of sp³-hybridized carbons (Fsp3) is 0.417. The summed E-state index contributed by atoms with van der Waals surface area (Å²) in [4.78, 5) is 11.8. The third-order valence-corrected chi connectivity index (χ3v) is 2.77. The van der Waals surface area contributed by atoms with E-state index in [1.54, 1.807) is 0 Å². The average Bonchev–Trinajstić information content (AvgIpc) is 2.40. The topological polar surface area (TPSA) is 50.4 Å². The van der Waals surface area contributed by atoms with Crippen LogP contribution >= 0.6 is 0 Å². The molecule has 1 aromatic rings. The number of halogens is 2. The molecule has 1 aromatic carbocycles. The predicted octanol–water partition coefficient (Wildman–Crippen LogP) is 1.20. The number of nitrogens with one attached hydrogen (secondary N) is 2. The second-order valence-electron chi connectivity index (χ2n) is 4.12. The predicted molar refractivity (Wildman–Crippen MR) is 62.3 cm³/mol. The van der Waals surface area contributed by atoms with Gasteiger partial charge in [0.1, 0.15) is 17.5 Å². The number of carbonyl (C=O) groups excluding carboxylic acids is 1. The zero-order valence-electron chi connectivity index (χ0n) is 9.93. The average molecular weight is 256 g/mol. The molecule has 2 N–H and O–H groups in total. The molecule has 1 saturated heterocycles. The Balaban J connectivity index is 2.13. The summed E-state index contributed by atoms with van der Waals surface area (Å²) in [6.07, 6.45) is 0. The minimum absolute atomic E-state index is 0.195. The lowest BCUT2D eigenvalue weighted by molar-refractivity contribution is -0.120. The number of aryl methyl sites for hydroxylation is 1. The lowest BCUT2D eigenvalue weighted by atomic mass is 10.2. The third-order valence-electron chi connectivity index (χ3n) is 2.77. The monoisotopic (exact) mass is 256 g/mol. The summed E-state index contributed by atoms with van der Waals surface area (Å²) in [5.74, 6) is -2.04. The normalized spacial score (nSPS) is 19.6. The van der Waals surface area contributed by atoms with E-state index in [9.17, 15) is 13.6 Å². The summed E-state index contributed by atoms with van der Waals surface area (Å²) in [5, 5.41) is 5.17. The molecule has 0 bridgehead atoms. The summed E-state index contributed by atoms with van der Waals surface area (Å²) in [5.41, 5.74) is -0.132. The number of hydrogen-bond donors (Lipinski definition) is 2. The van der Waals surface area contributed by atoms with Crippen molar-refractivity contribution < 1.29 is 18.3 Å². The van der Waals surface area contributed by atoms with Crippen molar-refractivity contribution in [2.45, 2.75) is 13.0 Å². The minimum Gasteiger partial charge on any atom is -0.378 e. The first kappa shape index (κ1) is 12.9. The summed E-state index contributed by atoms with van der Waals surface area (Å²) in [7, 11) is 0. The maximum atomic E-state index is 13.7. The highest BCUT2D eigenvalue weighted by molar-refractivity contribution is 5.95. The number of benzene rings is 1. The summed E-state index contributed by atoms with van der Waals surface area (Å²) in [6.45, 7) is 2.76. The highest BCUT2D eigenvalue weighted by Gasteiger charge is 2.23. The van der Waals surface area contributed by atoms with E-state index in [4.69, 9.17) is 4.74 Å². The second-order valence-corrected chi connectivity index (χ2v) is 4.12. The van der Waals surface area contributed by atoms with Gasteiger partial charge in [-0.05, 0) is 18.6 Å². The molecule has 0 aliphatic carbocycles. The molecule has 6 heteroatoms. The van der Waals surface area contributed by atoms with Crippen molar-refractivity contribution in [3.05, 3.63) is 29.3 Å². The van der Waals surface area contributed by atoms with Crippen molar-refractivity contribution in [1.29, 1.82) is 0 Å². The summed E-state index contributed by atoms with van der Waals surface area (Å²) >= 11 is 0. The van der Waals surface area contributed by atoms with E-state index in [2.05, 4.69) is 10.6 Å². The molecule has 0 saturated carbocycles. The SMILES string of the molecule is Cc1ccc(F)c(NC(=O)C2COCCN2)c1F. The molecule has 18 heavy (non-hydrogen) atoms. The fourth-order valence-corrected chi connectivity index (χ4v) is 1.72. The van der Waals surface area contributed by atoms with E-state index in [1.165, 1.54) is 13.0 Å². The zero-order chi connectivity index (χ0) is 13.1. The molecule has 2 rings (SSSR count). The largest absolute Gasteiger partial charge is 0.378 e. The Morgan fingerprint density at radius 2 is 2.28 bits per heavy atom. The molecule has 1 unspecified atom stereocenters. The van der Waals surface area contributed by atoms with Gasteiger partial charge in [-0.25, -0.2) is 8.78 Å². The molecule has 1 fully saturated rings. The van der Waals surface area contributed by atoms with E-state index in [0.717, 1.165) is 6.07 Å². The molecule has 1 heterocycles. The molecule has 1 atom stereocenters. The maximum absolute atomic E-state index is 13.7. The Labute approximate surface area is 103 Å². The van der Waals surface area contributed by atoms with Gasteiger partial charge in [0.25, 0.3) is 0 Å². The van der Waals surface area contributed by atoms with Crippen LogP contribution in [0.25, 0.3) is 0 Å². The van der Waals surface area contributed by atoms with Crippen LogP contribution in [0.1, 0.15) is 5.56 Å². The van der Waals surface area contributed by atoms with Crippen LogP contribution in [0.15, 0.2) is 12.1 Å². The third kappa shape index (κ3) is 2.65. The minimum atomic E-state index is -0.789. The van der Waals surface area contributed by atoms with Crippen LogP contribution in [0.4, 0.5) is 14.5 Å². The van der Waals surface area contributed by atoms with Gasteiger partial charge in [-0.3, -0.25) is 4.79 Å². The quantitative estimate of drug-likeness (QED) is 0.836. The van der Waals surface area contributed by atoms with Crippen molar-refractivity contribution >= 4 is 11.6 Å². The summed E-state index contributed by atoms with van der Waals surface area (Å²) < 4.78 is 32.2. The molecule has 0 radical (unpaired) electrons. The van der Waals surface area contributed by atoms with E-state index >= 15 is 0 Å². The van der Waals surface area contributed by atoms with Gasteiger partial charge in [0, 0.05) is 6.54 Å². The Morgan fingerprint density at radius 1 is 1.50 bits per heavy atom. The standard InChI is InChI=1S/C12H14F2N2O2/c1-7-2-3-8(13)11(10(7)14)16-12(17)9-6-18-5-4-15-9/h2-3,9,15H,4-6H2,1H3,(H,16,17). The van der Waals surface area contributed by atoms with Gasteiger partial charge in [0.05, 0.1) is 13.2 Å². The van der Waals surface area contributed by atoms with E-state index in [-0.39, 0.29) is 12.2 Å². The second kappa shape index (κ2) is 5.41. The Hall–Kier alpha value is -1.53.